The number of hydrogen-bond donors (Lipinski definition) is 3. The SMILES string of the molecule is O=C1CCC(N2Cc3cc(CNC(=O)c4c[nH]c5cc(Cl)ccc45)ccc3C2=O)C(=O)N1. The first kappa shape index (κ1) is 20.3. The Kier molecular flexibility index (Phi) is 4.94. The van der Waals surface area contributed by atoms with Crippen LogP contribution in [-0.4, -0.2) is 39.6 Å². The third-order valence-corrected chi connectivity index (χ3v) is 6.16. The van der Waals surface area contributed by atoms with Crippen LogP contribution in [0.2, 0.25) is 5.02 Å². The molecule has 1 saturated heterocycles. The summed E-state index contributed by atoms with van der Waals surface area (Å²) in [5, 5.41) is 6.57. The minimum atomic E-state index is -0.647. The lowest BCUT2D eigenvalue weighted by Crippen LogP contribution is -2.52. The van der Waals surface area contributed by atoms with Crippen LogP contribution in [0.5, 0.6) is 0 Å². The topological polar surface area (TPSA) is 111 Å². The van der Waals surface area contributed by atoms with Gasteiger partial charge in [0, 0.05) is 47.2 Å². The molecule has 2 aliphatic rings. The van der Waals surface area contributed by atoms with Crippen molar-refractivity contribution in [3.8, 4) is 0 Å². The molecule has 0 saturated carbocycles. The normalized spacial score (nSPS) is 18.1. The summed E-state index contributed by atoms with van der Waals surface area (Å²) in [6.07, 6.45) is 2.19. The van der Waals surface area contributed by atoms with E-state index in [0.29, 0.717) is 35.7 Å². The van der Waals surface area contributed by atoms with Gasteiger partial charge in [-0.3, -0.25) is 24.5 Å². The molecule has 1 unspecified atom stereocenters. The standard InChI is InChI=1S/C23H19ClN4O4/c24-14-2-4-16-17(10-25-18(16)8-14)21(30)26-9-12-1-3-15-13(7-12)11-28(23(15)32)19-5-6-20(29)27-22(19)31/h1-4,7-8,10,19,25H,5-6,9,11H2,(H,26,30)(H,27,29,31). The van der Waals surface area contributed by atoms with Gasteiger partial charge in [0.25, 0.3) is 11.8 Å². The molecule has 0 radical (unpaired) electrons. The Morgan fingerprint density at radius 2 is 2.00 bits per heavy atom. The number of halogens is 1. The molecule has 162 valence electrons. The fraction of sp³-hybridized carbons (Fsp3) is 0.217. The summed E-state index contributed by atoms with van der Waals surface area (Å²) in [6, 6.07) is 10.0. The van der Waals surface area contributed by atoms with Crippen LogP contribution >= 0.6 is 11.6 Å². The second-order valence-corrected chi connectivity index (χ2v) is 8.40. The quantitative estimate of drug-likeness (QED) is 0.530. The zero-order valence-electron chi connectivity index (χ0n) is 16.9. The first-order chi connectivity index (χ1) is 15.4. The fourth-order valence-electron chi connectivity index (χ4n) is 4.30. The van der Waals surface area contributed by atoms with Crippen molar-refractivity contribution in [3.05, 3.63) is 69.9 Å². The largest absolute Gasteiger partial charge is 0.360 e. The van der Waals surface area contributed by atoms with Crippen LogP contribution in [0.1, 0.15) is 44.7 Å². The molecule has 1 fully saturated rings. The van der Waals surface area contributed by atoms with Crippen molar-refractivity contribution in [1.29, 1.82) is 0 Å². The monoisotopic (exact) mass is 450 g/mol. The fourth-order valence-corrected chi connectivity index (χ4v) is 4.47. The van der Waals surface area contributed by atoms with E-state index in [1.54, 1.807) is 36.5 Å². The Balaban J connectivity index is 1.28. The van der Waals surface area contributed by atoms with Gasteiger partial charge in [-0.1, -0.05) is 29.8 Å². The number of fused-ring (bicyclic) bond motifs is 2. The number of hydrogen-bond acceptors (Lipinski definition) is 4. The molecule has 5 rings (SSSR count). The Labute approximate surface area is 187 Å². The smallest absolute Gasteiger partial charge is 0.255 e. The van der Waals surface area contributed by atoms with Crippen molar-refractivity contribution in [2.75, 3.05) is 0 Å². The first-order valence-corrected chi connectivity index (χ1v) is 10.6. The molecule has 32 heavy (non-hydrogen) atoms. The third kappa shape index (κ3) is 3.52. The number of rotatable bonds is 4. The van der Waals surface area contributed by atoms with E-state index in [9.17, 15) is 19.2 Å². The summed E-state index contributed by atoms with van der Waals surface area (Å²) >= 11 is 5.99. The van der Waals surface area contributed by atoms with Crippen molar-refractivity contribution in [2.24, 2.45) is 0 Å². The summed E-state index contributed by atoms with van der Waals surface area (Å²) in [6.45, 7) is 0.588. The molecule has 3 N–H and O–H groups in total. The van der Waals surface area contributed by atoms with Gasteiger partial charge in [-0.25, -0.2) is 0 Å². The highest BCUT2D eigenvalue weighted by molar-refractivity contribution is 6.31. The van der Waals surface area contributed by atoms with Gasteiger partial charge >= 0.3 is 0 Å². The second kappa shape index (κ2) is 7.80. The van der Waals surface area contributed by atoms with Gasteiger partial charge in [0.15, 0.2) is 0 Å². The molecule has 0 bridgehead atoms. The molecule has 4 amide bonds. The van der Waals surface area contributed by atoms with Gasteiger partial charge in [-0.05, 0) is 35.7 Å². The van der Waals surface area contributed by atoms with Crippen LogP contribution in [0.15, 0.2) is 42.6 Å². The maximum Gasteiger partial charge on any atom is 0.255 e. The summed E-state index contributed by atoms with van der Waals surface area (Å²) < 4.78 is 0. The maximum absolute atomic E-state index is 12.8. The molecular weight excluding hydrogens is 432 g/mol. The summed E-state index contributed by atoms with van der Waals surface area (Å²) in [4.78, 5) is 53.6. The number of carbonyl (C=O) groups excluding carboxylic acids is 4. The van der Waals surface area contributed by atoms with Gasteiger partial charge in [0.1, 0.15) is 6.04 Å². The highest BCUT2D eigenvalue weighted by Gasteiger charge is 2.39. The molecule has 1 aromatic heterocycles. The van der Waals surface area contributed by atoms with Crippen molar-refractivity contribution in [1.82, 2.24) is 20.5 Å². The van der Waals surface area contributed by atoms with Crippen LogP contribution in [0.25, 0.3) is 10.9 Å². The number of amides is 4. The van der Waals surface area contributed by atoms with Crippen LogP contribution in [0.4, 0.5) is 0 Å². The molecular formula is C23H19ClN4O4. The van der Waals surface area contributed by atoms with Crippen LogP contribution < -0.4 is 10.6 Å². The number of benzene rings is 2. The first-order valence-electron chi connectivity index (χ1n) is 10.2. The number of aromatic amines is 1. The van der Waals surface area contributed by atoms with Crippen molar-refractivity contribution >= 4 is 46.1 Å². The van der Waals surface area contributed by atoms with Gasteiger partial charge < -0.3 is 15.2 Å². The van der Waals surface area contributed by atoms with E-state index in [-0.39, 0.29) is 24.1 Å². The van der Waals surface area contributed by atoms with Crippen molar-refractivity contribution in [3.63, 3.8) is 0 Å². The van der Waals surface area contributed by atoms with Crippen LogP contribution in [0.3, 0.4) is 0 Å². The van der Waals surface area contributed by atoms with E-state index in [1.165, 1.54) is 4.90 Å². The molecule has 3 heterocycles. The van der Waals surface area contributed by atoms with E-state index in [0.717, 1.165) is 22.0 Å². The van der Waals surface area contributed by atoms with Gasteiger partial charge in [0.2, 0.25) is 11.8 Å². The third-order valence-electron chi connectivity index (χ3n) is 5.93. The number of nitrogens with one attached hydrogen (secondary N) is 3. The Bertz CT molecular complexity index is 1300. The molecule has 8 nitrogen and oxygen atoms in total. The number of piperidine rings is 1. The van der Waals surface area contributed by atoms with E-state index in [1.807, 2.05) is 6.07 Å². The molecule has 1 atom stereocenters. The van der Waals surface area contributed by atoms with Crippen molar-refractivity contribution < 1.29 is 19.2 Å². The molecule has 2 aliphatic heterocycles. The number of nitrogens with zero attached hydrogens (tertiary/aromatic N) is 1. The Morgan fingerprint density at radius 1 is 1.16 bits per heavy atom. The average molecular weight is 451 g/mol. The lowest BCUT2D eigenvalue weighted by Gasteiger charge is -2.29. The number of imide groups is 1. The predicted octanol–water partition coefficient (Wildman–Crippen LogP) is 2.51. The molecule has 0 aliphatic carbocycles. The highest BCUT2D eigenvalue weighted by atomic mass is 35.5. The Hall–Kier alpha value is -3.65. The number of aromatic nitrogens is 1. The maximum atomic E-state index is 12.8. The van der Waals surface area contributed by atoms with E-state index >= 15 is 0 Å². The highest BCUT2D eigenvalue weighted by Crippen LogP contribution is 2.28. The summed E-state index contributed by atoms with van der Waals surface area (Å²) in [5.74, 6) is -1.19. The molecule has 3 aromatic rings. The average Bonchev–Trinajstić information content (AvgIpc) is 3.32. The van der Waals surface area contributed by atoms with Gasteiger partial charge in [-0.15, -0.1) is 0 Å². The van der Waals surface area contributed by atoms with Crippen LogP contribution in [0, 0.1) is 0 Å². The minimum absolute atomic E-state index is 0.216. The zero-order chi connectivity index (χ0) is 22.4. The van der Waals surface area contributed by atoms with Gasteiger partial charge in [-0.2, -0.15) is 0 Å². The molecule has 2 aromatic carbocycles. The van der Waals surface area contributed by atoms with E-state index in [2.05, 4.69) is 15.6 Å². The van der Waals surface area contributed by atoms with Crippen molar-refractivity contribution in [2.45, 2.75) is 32.0 Å². The predicted molar refractivity (Wildman–Crippen MR) is 117 cm³/mol. The Morgan fingerprint density at radius 3 is 2.81 bits per heavy atom. The minimum Gasteiger partial charge on any atom is -0.360 e. The summed E-state index contributed by atoms with van der Waals surface area (Å²) in [7, 11) is 0. The summed E-state index contributed by atoms with van der Waals surface area (Å²) in [5.41, 5.74) is 3.49. The lowest BCUT2D eigenvalue weighted by molar-refractivity contribution is -0.136. The number of H-pyrrole nitrogens is 1. The zero-order valence-corrected chi connectivity index (χ0v) is 17.7. The molecule has 9 heteroatoms. The number of carbonyl (C=O) groups is 4. The second-order valence-electron chi connectivity index (χ2n) is 7.97. The van der Waals surface area contributed by atoms with E-state index < -0.39 is 11.9 Å². The van der Waals surface area contributed by atoms with Gasteiger partial charge in [0.05, 0.1) is 5.56 Å². The van der Waals surface area contributed by atoms with Crippen LogP contribution in [-0.2, 0) is 22.7 Å². The molecule has 0 spiro atoms. The van der Waals surface area contributed by atoms with E-state index in [4.69, 9.17) is 11.6 Å². The lowest BCUT2D eigenvalue weighted by atomic mass is 10.0.